The zero-order valence-corrected chi connectivity index (χ0v) is 23.5. The monoisotopic (exact) mass is 622 g/mol. The van der Waals surface area contributed by atoms with E-state index in [1.807, 2.05) is 0 Å². The minimum Gasteiger partial charge on any atom is -0.530 e. The zero-order valence-electron chi connectivity index (χ0n) is 22.0. The van der Waals surface area contributed by atoms with Crippen LogP contribution in [0.25, 0.3) is 0 Å². The summed E-state index contributed by atoms with van der Waals surface area (Å²) in [5.74, 6) is -0.829. The molecule has 2 amide bonds. The van der Waals surface area contributed by atoms with E-state index in [1.165, 1.54) is 34.2 Å². The van der Waals surface area contributed by atoms with Crippen molar-refractivity contribution < 1.29 is 33.3 Å². The Balaban J connectivity index is 1.74. The van der Waals surface area contributed by atoms with Crippen molar-refractivity contribution in [1.82, 2.24) is 20.1 Å². The maximum Gasteiger partial charge on any atom is 0.387 e. The molecule has 2 aliphatic heterocycles. The third-order valence-electron chi connectivity index (χ3n) is 6.59. The second kappa shape index (κ2) is 13.2. The van der Waals surface area contributed by atoms with Gasteiger partial charge >= 0.3 is 6.61 Å². The molecule has 12 nitrogen and oxygen atoms in total. The number of hydrogen-bond donors (Lipinski definition) is 2. The number of nitrogens with one attached hydrogen (secondary N) is 1. The van der Waals surface area contributed by atoms with Gasteiger partial charge in [-0.1, -0.05) is 35.3 Å². The highest BCUT2D eigenvalue weighted by molar-refractivity contribution is 6.42. The Labute approximate surface area is 249 Å². The Bertz CT molecular complexity index is 1450. The number of likely N-dealkylation sites (N-methyl/N-ethyl adjacent to an activating group) is 1. The van der Waals surface area contributed by atoms with Crippen LogP contribution in [0.1, 0.15) is 18.9 Å². The summed E-state index contributed by atoms with van der Waals surface area (Å²) < 4.78 is 29.9. The van der Waals surface area contributed by atoms with Gasteiger partial charge < -0.3 is 29.5 Å². The Morgan fingerprint density at radius 3 is 2.69 bits per heavy atom. The van der Waals surface area contributed by atoms with Crippen molar-refractivity contribution in [1.29, 1.82) is 5.26 Å². The van der Waals surface area contributed by atoms with E-state index in [1.54, 1.807) is 31.3 Å². The van der Waals surface area contributed by atoms with Crippen LogP contribution in [-0.4, -0.2) is 88.0 Å². The van der Waals surface area contributed by atoms with Gasteiger partial charge in [0.2, 0.25) is 11.9 Å². The standard InChI is InChI=1S/C26H25Cl2F2N7O5/c1-2-35(23(39)20-10-16(38)11-36(20)26(40)41)21-12-37(34-22(21)14-6-7-18(27)19(28)8-14)25(32-13-31)33-15-4-3-5-17(9-15)42-24(29)30/h3-9,16,20-21,24,38H,2,10-12H2,1H3,(H,32,33)(H,40,41)/p-1/t16-,20-,21?/m1/s1. The molecule has 0 aromatic heterocycles. The molecule has 2 heterocycles. The van der Waals surface area contributed by atoms with Gasteiger partial charge in [-0.2, -0.15) is 19.1 Å². The summed E-state index contributed by atoms with van der Waals surface area (Å²) in [6, 6.07) is 8.22. The van der Waals surface area contributed by atoms with Crippen molar-refractivity contribution in [2.75, 3.05) is 19.6 Å². The van der Waals surface area contributed by atoms with Crippen molar-refractivity contribution in [3.05, 3.63) is 58.1 Å². The molecule has 2 aromatic carbocycles. The van der Waals surface area contributed by atoms with Crippen LogP contribution in [0.5, 0.6) is 5.75 Å². The van der Waals surface area contributed by atoms with Gasteiger partial charge in [0.15, 0.2) is 6.19 Å². The lowest BCUT2D eigenvalue weighted by molar-refractivity contribution is -0.266. The van der Waals surface area contributed by atoms with Crippen LogP contribution < -0.4 is 15.2 Å². The first-order valence-corrected chi connectivity index (χ1v) is 13.3. The summed E-state index contributed by atoms with van der Waals surface area (Å²) in [4.78, 5) is 32.0. The number of ether oxygens (including phenoxy) is 1. The number of nitrogens with zero attached hydrogens (tertiary/aromatic N) is 6. The van der Waals surface area contributed by atoms with E-state index in [2.05, 4.69) is 20.1 Å². The van der Waals surface area contributed by atoms with E-state index in [9.17, 15) is 33.8 Å². The number of rotatable bonds is 7. The zero-order chi connectivity index (χ0) is 30.6. The number of aliphatic hydroxyl groups is 1. The summed E-state index contributed by atoms with van der Waals surface area (Å²) in [6.07, 6.45) is -0.974. The molecule has 4 rings (SSSR count). The molecule has 2 N–H and O–H groups in total. The number of nitriles is 1. The summed E-state index contributed by atoms with van der Waals surface area (Å²) in [7, 11) is 0. The van der Waals surface area contributed by atoms with E-state index >= 15 is 0 Å². The molecule has 0 aliphatic carbocycles. The number of aliphatic hydroxyl groups excluding tert-OH is 1. The molecule has 1 fully saturated rings. The number of carbonyl (C=O) groups is 2. The summed E-state index contributed by atoms with van der Waals surface area (Å²) in [5.41, 5.74) is 0.966. The number of hydrazone groups is 1. The van der Waals surface area contributed by atoms with Crippen molar-refractivity contribution >= 4 is 52.6 Å². The van der Waals surface area contributed by atoms with Crippen LogP contribution in [0.2, 0.25) is 10.0 Å². The van der Waals surface area contributed by atoms with E-state index in [0.29, 0.717) is 11.3 Å². The number of carbonyl (C=O) groups excluding carboxylic acids is 2. The number of likely N-dealkylation sites (tertiary alicyclic amines) is 1. The van der Waals surface area contributed by atoms with Crippen molar-refractivity contribution in [2.45, 2.75) is 38.1 Å². The van der Waals surface area contributed by atoms with Crippen molar-refractivity contribution in [3.63, 3.8) is 0 Å². The van der Waals surface area contributed by atoms with Gasteiger partial charge in [-0.15, -0.1) is 0 Å². The number of halogens is 4. The molecule has 3 atom stereocenters. The fraction of sp³-hybridized carbons (Fsp3) is 0.346. The number of aliphatic imine (C=N–C) groups is 1. The predicted molar refractivity (Wildman–Crippen MR) is 146 cm³/mol. The van der Waals surface area contributed by atoms with Gasteiger partial charge in [-0.3, -0.25) is 10.1 Å². The van der Waals surface area contributed by atoms with E-state index in [0.717, 1.165) is 4.90 Å². The van der Waals surface area contributed by atoms with Gasteiger partial charge in [-0.05, 0) is 31.2 Å². The fourth-order valence-electron chi connectivity index (χ4n) is 4.80. The lowest BCUT2D eigenvalue weighted by Crippen LogP contribution is -2.56. The van der Waals surface area contributed by atoms with Crippen LogP contribution in [-0.2, 0) is 4.79 Å². The van der Waals surface area contributed by atoms with Gasteiger partial charge in [0.05, 0.1) is 40.1 Å². The Hall–Kier alpha value is -4.19. The molecule has 42 heavy (non-hydrogen) atoms. The molecule has 222 valence electrons. The van der Waals surface area contributed by atoms with E-state index in [-0.39, 0.29) is 53.5 Å². The topological polar surface area (TPSA) is 157 Å². The molecular weight excluding hydrogens is 599 g/mol. The smallest absolute Gasteiger partial charge is 0.387 e. The molecule has 16 heteroatoms. The van der Waals surface area contributed by atoms with Crippen LogP contribution in [0.15, 0.2) is 52.6 Å². The third kappa shape index (κ3) is 6.81. The quantitative estimate of drug-likeness (QED) is 0.206. The first kappa shape index (κ1) is 30.8. The largest absolute Gasteiger partial charge is 0.530 e. The summed E-state index contributed by atoms with van der Waals surface area (Å²) >= 11 is 12.4. The Morgan fingerprint density at radius 1 is 1.29 bits per heavy atom. The SMILES string of the molecule is CCN(C(=O)[C@H]1C[C@@H](O)CN1C(=O)[O-])C1CN(C(=Nc2cccc(OC(F)F)c2)NC#N)N=C1c1ccc(Cl)c(Cl)c1. The average Bonchev–Trinajstić information content (AvgIpc) is 3.55. The molecule has 0 bridgehead atoms. The predicted octanol–water partition coefficient (Wildman–Crippen LogP) is 2.37. The maximum atomic E-state index is 13.7. The first-order chi connectivity index (χ1) is 20.0. The molecule has 2 aliphatic rings. The van der Waals surface area contributed by atoms with Gasteiger partial charge in [0.1, 0.15) is 17.9 Å². The number of alkyl halides is 2. The first-order valence-electron chi connectivity index (χ1n) is 12.6. The van der Waals surface area contributed by atoms with Gasteiger partial charge in [0, 0.05) is 31.1 Å². The molecule has 2 aromatic rings. The van der Waals surface area contributed by atoms with Gasteiger partial charge in [-0.25, -0.2) is 10.0 Å². The number of β-amino-alcohol motifs (C(OH)–C–C–N with tert-alkyl or cyclic N) is 1. The lowest BCUT2D eigenvalue weighted by Gasteiger charge is -2.34. The van der Waals surface area contributed by atoms with Crippen LogP contribution in [0.3, 0.4) is 0 Å². The second-order valence-corrected chi connectivity index (χ2v) is 10.0. The molecule has 1 unspecified atom stereocenters. The number of hydrogen-bond acceptors (Lipinski definition) is 8. The number of guanidine groups is 1. The molecule has 0 spiro atoms. The Kier molecular flexibility index (Phi) is 9.66. The molecular formula is C26H24Cl2F2N7O5-. The highest BCUT2D eigenvalue weighted by Gasteiger charge is 2.43. The molecule has 0 radical (unpaired) electrons. The number of carboxylic acid groups (broad SMARTS) is 1. The second-order valence-electron chi connectivity index (χ2n) is 9.21. The maximum absolute atomic E-state index is 13.7. The normalized spacial score (nSPS) is 20.4. The Morgan fingerprint density at radius 2 is 2.05 bits per heavy atom. The van der Waals surface area contributed by atoms with Crippen molar-refractivity contribution in [3.8, 4) is 11.9 Å². The lowest BCUT2D eigenvalue weighted by atomic mass is 10.0. The minimum absolute atomic E-state index is 0.0451. The average molecular weight is 623 g/mol. The fourth-order valence-corrected chi connectivity index (χ4v) is 5.09. The van der Waals surface area contributed by atoms with Crippen LogP contribution >= 0.6 is 23.2 Å². The van der Waals surface area contributed by atoms with Crippen molar-refractivity contribution in [2.24, 2.45) is 10.1 Å². The molecule has 0 saturated carbocycles. The van der Waals surface area contributed by atoms with Gasteiger partial charge in [0.25, 0.3) is 0 Å². The summed E-state index contributed by atoms with van der Waals surface area (Å²) in [6.45, 7) is -1.55. The van der Waals surface area contributed by atoms with E-state index in [4.69, 9.17) is 23.2 Å². The number of benzene rings is 2. The van der Waals surface area contributed by atoms with Crippen LogP contribution in [0.4, 0.5) is 19.3 Å². The summed E-state index contributed by atoms with van der Waals surface area (Å²) in [5, 5.41) is 40.0. The van der Waals surface area contributed by atoms with E-state index < -0.39 is 36.8 Å². The van der Waals surface area contributed by atoms with Crippen LogP contribution in [0, 0.1) is 11.5 Å². The molecule has 1 saturated heterocycles. The highest BCUT2D eigenvalue weighted by atomic mass is 35.5. The third-order valence-corrected chi connectivity index (χ3v) is 7.33. The highest BCUT2D eigenvalue weighted by Crippen LogP contribution is 2.29. The minimum atomic E-state index is -3.05. The number of amides is 2.